The van der Waals surface area contributed by atoms with Gasteiger partial charge in [0.05, 0.1) is 14.2 Å². The number of methoxy groups -OCH3 is 2. The Labute approximate surface area is 193 Å². The van der Waals surface area contributed by atoms with E-state index in [2.05, 4.69) is 20.7 Å². The smallest absolute Gasteiger partial charge is 0.345 e. The van der Waals surface area contributed by atoms with E-state index >= 15 is 0 Å². The van der Waals surface area contributed by atoms with Gasteiger partial charge in [0.1, 0.15) is 5.82 Å². The molecule has 2 N–H and O–H groups in total. The normalized spacial score (nSPS) is 13.2. The molecule has 0 fully saturated rings. The number of fused-ring (bicyclic) bond motifs is 1. The number of aliphatic imine (C=N–C) groups is 1. The van der Waals surface area contributed by atoms with Crippen molar-refractivity contribution in [2.45, 2.75) is 45.3 Å². The summed E-state index contributed by atoms with van der Waals surface area (Å²) in [5, 5.41) is 11.0. The minimum Gasteiger partial charge on any atom is -0.493 e. The average Bonchev–Trinajstić information content (AvgIpc) is 3.08. The predicted molar refractivity (Wildman–Crippen MR) is 127 cm³/mol. The van der Waals surface area contributed by atoms with Gasteiger partial charge in [-0.25, -0.2) is 9.48 Å². The number of aryl methyl sites for hydroxylation is 2. The molecule has 0 saturated heterocycles. The van der Waals surface area contributed by atoms with Crippen molar-refractivity contribution < 1.29 is 9.47 Å². The molecule has 3 rings (SSSR count). The number of hydrogen-bond acceptors (Lipinski definition) is 5. The topological polar surface area (TPSA) is 94.7 Å². The SMILES string of the molecule is CN=C(NCCCn1nc2n(c1=O)CCCC2)NCc1ccc(OC)c(OC)c1.I. The maximum absolute atomic E-state index is 12.3. The van der Waals surface area contributed by atoms with E-state index in [1.54, 1.807) is 30.5 Å². The summed E-state index contributed by atoms with van der Waals surface area (Å²) in [4.78, 5) is 16.6. The van der Waals surface area contributed by atoms with Crippen molar-refractivity contribution in [3.05, 3.63) is 40.1 Å². The fraction of sp³-hybridized carbons (Fsp3) is 0.550. The molecule has 2 aromatic rings. The molecule has 0 spiro atoms. The Hall–Kier alpha value is -2.24. The van der Waals surface area contributed by atoms with Crippen LogP contribution in [-0.2, 0) is 26.1 Å². The van der Waals surface area contributed by atoms with Gasteiger partial charge in [-0.2, -0.15) is 5.10 Å². The molecule has 0 atom stereocenters. The lowest BCUT2D eigenvalue weighted by atomic mass is 10.2. The van der Waals surface area contributed by atoms with Crippen LogP contribution in [0.3, 0.4) is 0 Å². The fourth-order valence-corrected chi connectivity index (χ4v) is 3.43. The van der Waals surface area contributed by atoms with Gasteiger partial charge in [0.25, 0.3) is 0 Å². The second kappa shape index (κ2) is 11.8. The first-order chi connectivity index (χ1) is 14.2. The Bertz CT molecular complexity index is 908. The second-order valence-corrected chi connectivity index (χ2v) is 6.93. The van der Waals surface area contributed by atoms with Crippen LogP contribution in [0.1, 0.15) is 30.7 Å². The number of nitrogens with one attached hydrogen (secondary N) is 2. The molecule has 9 nitrogen and oxygen atoms in total. The monoisotopic (exact) mass is 530 g/mol. The van der Waals surface area contributed by atoms with Crippen LogP contribution in [0.25, 0.3) is 0 Å². The Morgan fingerprint density at radius 1 is 1.20 bits per heavy atom. The first-order valence-electron chi connectivity index (χ1n) is 9.98. The Kier molecular flexibility index (Phi) is 9.47. The molecule has 1 aromatic carbocycles. The van der Waals surface area contributed by atoms with Gasteiger partial charge in [0, 0.05) is 39.6 Å². The second-order valence-electron chi connectivity index (χ2n) is 6.93. The first kappa shape index (κ1) is 24.0. The molecule has 10 heteroatoms. The maximum Gasteiger partial charge on any atom is 0.345 e. The quantitative estimate of drug-likeness (QED) is 0.234. The lowest BCUT2D eigenvalue weighted by molar-refractivity contribution is 0.354. The molecule has 0 radical (unpaired) electrons. The van der Waals surface area contributed by atoms with Crippen LogP contribution in [0.2, 0.25) is 0 Å². The molecule has 0 aliphatic carbocycles. The summed E-state index contributed by atoms with van der Waals surface area (Å²) < 4.78 is 14.0. The zero-order chi connectivity index (χ0) is 20.6. The summed E-state index contributed by atoms with van der Waals surface area (Å²) in [7, 11) is 4.98. The van der Waals surface area contributed by atoms with E-state index in [0.29, 0.717) is 37.1 Å². The average molecular weight is 530 g/mol. The van der Waals surface area contributed by atoms with Crippen molar-refractivity contribution in [1.82, 2.24) is 25.0 Å². The first-order valence-corrected chi connectivity index (χ1v) is 9.98. The molecule has 0 saturated carbocycles. The molecular weight excluding hydrogens is 499 g/mol. The van der Waals surface area contributed by atoms with Gasteiger partial charge in [0.2, 0.25) is 0 Å². The van der Waals surface area contributed by atoms with Crippen LogP contribution in [0, 0.1) is 0 Å². The molecule has 2 heterocycles. The molecule has 0 amide bonds. The number of hydrogen-bond donors (Lipinski definition) is 2. The largest absolute Gasteiger partial charge is 0.493 e. The molecular formula is C20H31IN6O3. The van der Waals surface area contributed by atoms with Gasteiger partial charge in [-0.15, -0.1) is 24.0 Å². The summed E-state index contributed by atoms with van der Waals surface area (Å²) in [6.45, 7) is 2.69. The van der Waals surface area contributed by atoms with Crippen molar-refractivity contribution >= 4 is 29.9 Å². The Balaban J connectivity index is 0.00000320. The minimum absolute atomic E-state index is 0. The predicted octanol–water partition coefficient (Wildman–Crippen LogP) is 1.77. The van der Waals surface area contributed by atoms with Crippen LogP contribution < -0.4 is 25.8 Å². The molecule has 0 unspecified atom stereocenters. The van der Waals surface area contributed by atoms with Crippen LogP contribution in [0.5, 0.6) is 11.5 Å². The third-order valence-corrected chi connectivity index (χ3v) is 5.00. The van der Waals surface area contributed by atoms with Crippen molar-refractivity contribution in [2.24, 2.45) is 4.99 Å². The van der Waals surface area contributed by atoms with Crippen LogP contribution in [-0.4, -0.2) is 48.1 Å². The molecule has 1 aliphatic heterocycles. The Morgan fingerprint density at radius 2 is 2.00 bits per heavy atom. The number of guanidine groups is 1. The highest BCUT2D eigenvalue weighted by atomic mass is 127. The van der Waals surface area contributed by atoms with E-state index in [4.69, 9.17) is 9.47 Å². The summed E-state index contributed by atoms with van der Waals surface area (Å²) in [6.07, 6.45) is 3.85. The third kappa shape index (κ3) is 5.89. The lowest BCUT2D eigenvalue weighted by Crippen LogP contribution is -2.37. The molecule has 1 aliphatic rings. The van der Waals surface area contributed by atoms with Crippen molar-refractivity contribution in [3.8, 4) is 11.5 Å². The molecule has 166 valence electrons. The zero-order valence-corrected chi connectivity index (χ0v) is 20.1. The number of rotatable bonds is 8. The van der Waals surface area contributed by atoms with Crippen LogP contribution in [0.15, 0.2) is 28.0 Å². The van der Waals surface area contributed by atoms with Crippen LogP contribution >= 0.6 is 24.0 Å². The number of aromatic nitrogens is 3. The van der Waals surface area contributed by atoms with E-state index in [9.17, 15) is 4.79 Å². The standard InChI is InChI=1S/C20H30N6O3.HI/c1-21-19(23-14-15-8-9-16(28-2)17(13-15)29-3)22-10-6-12-26-20(27)25-11-5-4-7-18(25)24-26;/h8-9,13H,4-7,10-12,14H2,1-3H3,(H2,21,22,23);1H. The minimum atomic E-state index is 0. The number of ether oxygens (including phenoxy) is 2. The highest BCUT2D eigenvalue weighted by Gasteiger charge is 2.16. The summed E-state index contributed by atoms with van der Waals surface area (Å²) in [5.74, 6) is 3.02. The van der Waals surface area contributed by atoms with E-state index in [1.165, 1.54) is 0 Å². The summed E-state index contributed by atoms with van der Waals surface area (Å²) in [6, 6.07) is 5.80. The molecule has 30 heavy (non-hydrogen) atoms. The summed E-state index contributed by atoms with van der Waals surface area (Å²) >= 11 is 0. The van der Waals surface area contributed by atoms with Gasteiger partial charge in [-0.1, -0.05) is 6.07 Å². The number of halogens is 1. The third-order valence-electron chi connectivity index (χ3n) is 5.00. The number of nitrogens with zero attached hydrogens (tertiary/aromatic N) is 4. The maximum atomic E-state index is 12.3. The zero-order valence-electron chi connectivity index (χ0n) is 17.8. The molecule has 1 aromatic heterocycles. The highest BCUT2D eigenvalue weighted by Crippen LogP contribution is 2.27. The van der Waals surface area contributed by atoms with Gasteiger partial charge >= 0.3 is 5.69 Å². The fourth-order valence-electron chi connectivity index (χ4n) is 3.43. The molecule has 0 bridgehead atoms. The number of benzene rings is 1. The highest BCUT2D eigenvalue weighted by molar-refractivity contribution is 14.0. The van der Waals surface area contributed by atoms with Gasteiger partial charge in [0.15, 0.2) is 17.5 Å². The Morgan fingerprint density at radius 3 is 2.70 bits per heavy atom. The van der Waals surface area contributed by atoms with E-state index in [0.717, 1.165) is 43.6 Å². The van der Waals surface area contributed by atoms with E-state index in [1.807, 2.05) is 18.2 Å². The van der Waals surface area contributed by atoms with Gasteiger partial charge < -0.3 is 20.1 Å². The van der Waals surface area contributed by atoms with Crippen molar-refractivity contribution in [3.63, 3.8) is 0 Å². The van der Waals surface area contributed by atoms with Crippen molar-refractivity contribution in [1.29, 1.82) is 0 Å². The summed E-state index contributed by atoms with van der Waals surface area (Å²) in [5.41, 5.74) is 1.07. The van der Waals surface area contributed by atoms with E-state index < -0.39 is 0 Å². The van der Waals surface area contributed by atoms with Gasteiger partial charge in [-0.05, 0) is 37.0 Å². The van der Waals surface area contributed by atoms with Crippen molar-refractivity contribution in [2.75, 3.05) is 27.8 Å². The lowest BCUT2D eigenvalue weighted by Gasteiger charge is -2.13. The van der Waals surface area contributed by atoms with Gasteiger partial charge in [-0.3, -0.25) is 9.56 Å². The van der Waals surface area contributed by atoms with E-state index in [-0.39, 0.29) is 29.7 Å². The van der Waals surface area contributed by atoms with Crippen LogP contribution in [0.4, 0.5) is 0 Å².